The largest absolute Gasteiger partial charge is 0.396 e. The molecule has 0 spiro atoms. The molecule has 3 rings (SSSR count). The van der Waals surface area contributed by atoms with Gasteiger partial charge in [0.25, 0.3) is 0 Å². The highest BCUT2D eigenvalue weighted by molar-refractivity contribution is 14.0. The molecule has 2 aromatic rings. The fourth-order valence-electron chi connectivity index (χ4n) is 3.26. The smallest absolute Gasteiger partial charge is 0.191 e. The Morgan fingerprint density at radius 3 is 2.82 bits per heavy atom. The third-order valence-electron chi connectivity index (χ3n) is 4.88. The number of aliphatic hydroxyl groups excluding tert-OH is 1. The van der Waals surface area contributed by atoms with Gasteiger partial charge in [0.1, 0.15) is 0 Å². The fraction of sp³-hybridized carbons (Fsp3) is 0.500. The first-order valence-electron chi connectivity index (χ1n) is 9.54. The summed E-state index contributed by atoms with van der Waals surface area (Å²) < 4.78 is 7.42. The van der Waals surface area contributed by atoms with Crippen LogP contribution in [0.5, 0.6) is 0 Å². The molecule has 0 aliphatic carbocycles. The van der Waals surface area contributed by atoms with Crippen LogP contribution in [0, 0.1) is 5.41 Å². The summed E-state index contributed by atoms with van der Waals surface area (Å²) in [6.07, 6.45) is 5.55. The zero-order chi connectivity index (χ0) is 19.0. The maximum atomic E-state index is 9.37. The van der Waals surface area contributed by atoms with E-state index in [4.69, 9.17) is 4.74 Å². The Hall–Kier alpha value is -1.65. The topological polar surface area (TPSA) is 83.7 Å². The molecule has 1 aromatic heterocycles. The van der Waals surface area contributed by atoms with Crippen molar-refractivity contribution in [2.75, 3.05) is 32.9 Å². The molecule has 1 unspecified atom stereocenters. The van der Waals surface area contributed by atoms with E-state index in [1.54, 1.807) is 0 Å². The number of aliphatic imine (C=N–C) groups is 1. The van der Waals surface area contributed by atoms with Crippen LogP contribution in [0.3, 0.4) is 0 Å². The average Bonchev–Trinajstić information content (AvgIpc) is 3.35. The van der Waals surface area contributed by atoms with Crippen molar-refractivity contribution >= 4 is 29.9 Å². The normalized spacial score (nSPS) is 19.3. The Morgan fingerprint density at radius 2 is 2.14 bits per heavy atom. The third-order valence-corrected chi connectivity index (χ3v) is 4.88. The first-order chi connectivity index (χ1) is 13.2. The number of aromatic nitrogens is 2. The van der Waals surface area contributed by atoms with Crippen molar-refractivity contribution in [2.24, 2.45) is 10.4 Å². The molecule has 1 aliphatic rings. The predicted molar refractivity (Wildman–Crippen MR) is 121 cm³/mol. The van der Waals surface area contributed by atoms with Crippen LogP contribution in [0.25, 0.3) is 5.69 Å². The highest BCUT2D eigenvalue weighted by atomic mass is 127. The Morgan fingerprint density at radius 1 is 1.32 bits per heavy atom. The predicted octanol–water partition coefficient (Wildman–Crippen LogP) is 2.33. The number of guanidine groups is 1. The van der Waals surface area contributed by atoms with E-state index < -0.39 is 0 Å². The Balaban J connectivity index is 0.00000280. The molecule has 28 heavy (non-hydrogen) atoms. The zero-order valence-corrected chi connectivity index (χ0v) is 18.6. The molecule has 2 heterocycles. The van der Waals surface area contributed by atoms with E-state index in [2.05, 4.69) is 20.7 Å². The summed E-state index contributed by atoms with van der Waals surface area (Å²) in [6, 6.07) is 10.0. The lowest BCUT2D eigenvalue weighted by Gasteiger charge is -2.27. The van der Waals surface area contributed by atoms with Crippen LogP contribution in [-0.4, -0.2) is 53.8 Å². The lowest BCUT2D eigenvalue weighted by molar-refractivity contribution is 0.127. The lowest BCUT2D eigenvalue weighted by atomic mass is 9.84. The number of aliphatic hydroxyl groups is 1. The Kier molecular flexibility index (Phi) is 9.20. The number of hydrogen-bond donors (Lipinski definition) is 3. The van der Waals surface area contributed by atoms with E-state index in [0.29, 0.717) is 13.2 Å². The van der Waals surface area contributed by atoms with Gasteiger partial charge in [0.2, 0.25) is 0 Å². The minimum Gasteiger partial charge on any atom is -0.396 e. The van der Waals surface area contributed by atoms with Crippen LogP contribution < -0.4 is 10.6 Å². The summed E-state index contributed by atoms with van der Waals surface area (Å²) in [7, 11) is 0. The average molecular weight is 499 g/mol. The number of para-hydroxylation sites is 1. The molecule has 0 amide bonds. The van der Waals surface area contributed by atoms with E-state index in [0.717, 1.165) is 49.7 Å². The molecule has 1 aromatic carbocycles. The molecule has 0 bridgehead atoms. The second-order valence-corrected chi connectivity index (χ2v) is 6.95. The summed E-state index contributed by atoms with van der Waals surface area (Å²) >= 11 is 0. The van der Waals surface area contributed by atoms with Crippen LogP contribution in [0.15, 0.2) is 47.7 Å². The van der Waals surface area contributed by atoms with Crippen molar-refractivity contribution in [2.45, 2.75) is 26.3 Å². The number of benzene rings is 1. The van der Waals surface area contributed by atoms with Crippen molar-refractivity contribution in [1.29, 1.82) is 0 Å². The highest BCUT2D eigenvalue weighted by Crippen LogP contribution is 2.31. The fourth-order valence-corrected chi connectivity index (χ4v) is 3.26. The monoisotopic (exact) mass is 499 g/mol. The number of ether oxygens (including phenoxy) is 1. The van der Waals surface area contributed by atoms with Gasteiger partial charge in [0.05, 0.1) is 25.0 Å². The molecule has 8 heteroatoms. The van der Waals surface area contributed by atoms with Crippen LogP contribution >= 0.6 is 24.0 Å². The maximum absolute atomic E-state index is 9.37. The van der Waals surface area contributed by atoms with Crippen molar-refractivity contribution in [3.63, 3.8) is 0 Å². The SMILES string of the molecule is CCNC(=NCc1cnn(-c2ccccc2)c1)NCC1(CCO)CCOC1.I. The Labute approximate surface area is 183 Å². The summed E-state index contributed by atoms with van der Waals surface area (Å²) in [5.74, 6) is 0.772. The van der Waals surface area contributed by atoms with Gasteiger partial charge in [0, 0.05) is 43.5 Å². The van der Waals surface area contributed by atoms with Gasteiger partial charge >= 0.3 is 0 Å². The first kappa shape index (κ1) is 22.6. The number of halogens is 1. The van der Waals surface area contributed by atoms with E-state index in [1.807, 2.05) is 54.3 Å². The highest BCUT2D eigenvalue weighted by Gasteiger charge is 2.34. The van der Waals surface area contributed by atoms with Crippen LogP contribution in [0.1, 0.15) is 25.3 Å². The number of nitrogens with one attached hydrogen (secondary N) is 2. The van der Waals surface area contributed by atoms with Gasteiger partial charge in [-0.1, -0.05) is 18.2 Å². The molecular formula is C20H30IN5O2. The molecule has 0 saturated carbocycles. The third kappa shape index (κ3) is 6.18. The van der Waals surface area contributed by atoms with E-state index in [-0.39, 0.29) is 36.0 Å². The molecule has 1 aliphatic heterocycles. The standard InChI is InChI=1S/C20H29N5O2.HI/c1-2-21-19(23-15-20(8-10-26)9-11-27-16-20)22-12-17-13-24-25(14-17)18-6-4-3-5-7-18;/h3-7,13-14,26H,2,8-12,15-16H2,1H3,(H2,21,22,23);1H. The summed E-state index contributed by atoms with van der Waals surface area (Å²) in [6.45, 7) is 5.75. The summed E-state index contributed by atoms with van der Waals surface area (Å²) in [5, 5.41) is 20.5. The number of rotatable bonds is 8. The minimum atomic E-state index is -0.0108. The minimum absolute atomic E-state index is 0. The van der Waals surface area contributed by atoms with Crippen molar-refractivity contribution in [1.82, 2.24) is 20.4 Å². The second-order valence-electron chi connectivity index (χ2n) is 6.95. The van der Waals surface area contributed by atoms with Gasteiger partial charge in [-0.25, -0.2) is 9.67 Å². The molecule has 3 N–H and O–H groups in total. The second kappa shape index (κ2) is 11.4. The number of nitrogens with zero attached hydrogens (tertiary/aromatic N) is 3. The molecule has 7 nitrogen and oxygen atoms in total. The molecule has 154 valence electrons. The number of hydrogen-bond acceptors (Lipinski definition) is 4. The van der Waals surface area contributed by atoms with Crippen LogP contribution in [-0.2, 0) is 11.3 Å². The first-order valence-corrected chi connectivity index (χ1v) is 9.54. The molecule has 0 radical (unpaired) electrons. The van der Waals surface area contributed by atoms with Crippen LogP contribution in [0.2, 0.25) is 0 Å². The zero-order valence-electron chi connectivity index (χ0n) is 16.3. The Bertz CT molecular complexity index is 729. The quantitative estimate of drug-likeness (QED) is 0.295. The molecule has 1 atom stereocenters. The van der Waals surface area contributed by atoms with Crippen molar-refractivity contribution < 1.29 is 9.84 Å². The van der Waals surface area contributed by atoms with Gasteiger partial charge in [-0.2, -0.15) is 5.10 Å². The van der Waals surface area contributed by atoms with Crippen molar-refractivity contribution in [3.8, 4) is 5.69 Å². The molecule has 1 fully saturated rings. The van der Waals surface area contributed by atoms with E-state index >= 15 is 0 Å². The van der Waals surface area contributed by atoms with E-state index in [9.17, 15) is 5.11 Å². The lowest BCUT2D eigenvalue weighted by Crippen LogP contribution is -2.44. The van der Waals surface area contributed by atoms with E-state index in [1.165, 1.54) is 0 Å². The van der Waals surface area contributed by atoms with Crippen LogP contribution in [0.4, 0.5) is 0 Å². The van der Waals surface area contributed by atoms with Gasteiger partial charge in [-0.3, -0.25) is 0 Å². The van der Waals surface area contributed by atoms with Gasteiger partial charge in [-0.05, 0) is 31.9 Å². The van der Waals surface area contributed by atoms with Gasteiger partial charge in [-0.15, -0.1) is 24.0 Å². The van der Waals surface area contributed by atoms with Gasteiger partial charge < -0.3 is 20.5 Å². The van der Waals surface area contributed by atoms with Crippen molar-refractivity contribution in [3.05, 3.63) is 48.3 Å². The summed E-state index contributed by atoms with van der Waals surface area (Å²) in [5.41, 5.74) is 2.07. The summed E-state index contributed by atoms with van der Waals surface area (Å²) in [4.78, 5) is 4.68. The molecule has 1 saturated heterocycles. The molecular weight excluding hydrogens is 469 g/mol. The maximum Gasteiger partial charge on any atom is 0.191 e. The van der Waals surface area contributed by atoms with Gasteiger partial charge in [0.15, 0.2) is 5.96 Å².